The van der Waals surface area contributed by atoms with Crippen LogP contribution in [0.25, 0.3) is 0 Å². The molecule has 1 N–H and O–H groups in total. The van der Waals surface area contributed by atoms with Gasteiger partial charge in [0.1, 0.15) is 5.75 Å². The Morgan fingerprint density at radius 3 is 2.31 bits per heavy atom. The van der Waals surface area contributed by atoms with Crippen molar-refractivity contribution in [2.45, 2.75) is 11.9 Å². The van der Waals surface area contributed by atoms with Gasteiger partial charge in [0, 0.05) is 16.2 Å². The number of para-hydroxylation sites is 1. The standard InChI is InChI=1S/C8H6ClF3O3S/c9-16(14,15)4-5-2-1-3-6(7(5)13)8(10,11)12/h1-3,13H,4H2. The summed E-state index contributed by atoms with van der Waals surface area (Å²) in [5.74, 6) is -1.97. The van der Waals surface area contributed by atoms with Crippen molar-refractivity contribution in [3.63, 3.8) is 0 Å². The molecule has 1 rings (SSSR count). The molecule has 0 saturated heterocycles. The van der Waals surface area contributed by atoms with Crippen LogP contribution in [0, 0.1) is 0 Å². The van der Waals surface area contributed by atoms with Gasteiger partial charge in [0.05, 0.1) is 11.3 Å². The fourth-order valence-corrected chi connectivity index (χ4v) is 2.08. The molecular formula is C8H6ClF3O3S. The molecule has 90 valence electrons. The predicted molar refractivity (Wildman–Crippen MR) is 51.6 cm³/mol. The van der Waals surface area contributed by atoms with E-state index in [1.165, 1.54) is 0 Å². The van der Waals surface area contributed by atoms with Crippen molar-refractivity contribution in [2.75, 3.05) is 0 Å². The molecule has 0 amide bonds. The van der Waals surface area contributed by atoms with Crippen molar-refractivity contribution >= 4 is 19.7 Å². The van der Waals surface area contributed by atoms with E-state index >= 15 is 0 Å². The lowest BCUT2D eigenvalue weighted by atomic mass is 10.1. The second kappa shape index (κ2) is 4.14. The van der Waals surface area contributed by atoms with E-state index in [-0.39, 0.29) is 5.56 Å². The van der Waals surface area contributed by atoms with Gasteiger partial charge in [0.25, 0.3) is 0 Å². The topological polar surface area (TPSA) is 54.4 Å². The summed E-state index contributed by atoms with van der Waals surface area (Å²) in [7, 11) is 0.869. The molecule has 0 heterocycles. The lowest BCUT2D eigenvalue weighted by molar-refractivity contribution is -0.138. The zero-order chi connectivity index (χ0) is 12.6. The largest absolute Gasteiger partial charge is 0.507 e. The van der Waals surface area contributed by atoms with Gasteiger partial charge in [-0.2, -0.15) is 13.2 Å². The first-order valence-corrected chi connectivity index (χ1v) is 6.39. The van der Waals surface area contributed by atoms with Crippen LogP contribution in [0.2, 0.25) is 0 Å². The van der Waals surface area contributed by atoms with Crippen molar-refractivity contribution in [1.29, 1.82) is 0 Å². The van der Waals surface area contributed by atoms with Crippen molar-refractivity contribution in [3.05, 3.63) is 29.3 Å². The number of halogens is 4. The smallest absolute Gasteiger partial charge is 0.419 e. The summed E-state index contributed by atoms with van der Waals surface area (Å²) < 4.78 is 58.3. The van der Waals surface area contributed by atoms with Crippen LogP contribution in [0.5, 0.6) is 5.75 Å². The summed E-state index contributed by atoms with van der Waals surface area (Å²) in [6, 6.07) is 2.71. The van der Waals surface area contributed by atoms with Crippen molar-refractivity contribution in [1.82, 2.24) is 0 Å². The van der Waals surface area contributed by atoms with Crippen molar-refractivity contribution in [2.24, 2.45) is 0 Å². The Hall–Kier alpha value is -0.950. The minimum absolute atomic E-state index is 0.384. The summed E-state index contributed by atoms with van der Waals surface area (Å²) >= 11 is 0. The van der Waals surface area contributed by atoms with Crippen LogP contribution >= 0.6 is 10.7 Å². The molecule has 0 unspecified atom stereocenters. The van der Waals surface area contributed by atoms with Gasteiger partial charge in [-0.3, -0.25) is 0 Å². The Morgan fingerprint density at radius 2 is 1.88 bits per heavy atom. The Bertz CT molecular complexity index is 496. The summed E-state index contributed by atoms with van der Waals surface area (Å²) in [6.45, 7) is 0. The fraction of sp³-hybridized carbons (Fsp3) is 0.250. The quantitative estimate of drug-likeness (QED) is 0.843. The molecule has 1 aromatic carbocycles. The highest BCUT2D eigenvalue weighted by molar-refractivity contribution is 8.13. The molecule has 3 nitrogen and oxygen atoms in total. The van der Waals surface area contributed by atoms with Crippen LogP contribution in [-0.2, 0) is 21.0 Å². The maximum absolute atomic E-state index is 12.3. The van der Waals surface area contributed by atoms with Gasteiger partial charge in [-0.25, -0.2) is 8.42 Å². The third-order valence-electron chi connectivity index (χ3n) is 1.75. The van der Waals surface area contributed by atoms with Crippen LogP contribution in [0.4, 0.5) is 13.2 Å². The van der Waals surface area contributed by atoms with E-state index < -0.39 is 32.3 Å². The maximum Gasteiger partial charge on any atom is 0.419 e. The molecule has 8 heteroatoms. The Morgan fingerprint density at radius 1 is 1.31 bits per heavy atom. The van der Waals surface area contributed by atoms with Crippen LogP contribution in [0.15, 0.2) is 18.2 Å². The summed E-state index contributed by atoms with van der Waals surface area (Å²) in [6.07, 6.45) is -4.74. The lowest BCUT2D eigenvalue weighted by Gasteiger charge is -2.11. The average Bonchev–Trinajstić information content (AvgIpc) is 2.04. The minimum Gasteiger partial charge on any atom is -0.507 e. The number of benzene rings is 1. The molecule has 0 atom stereocenters. The molecule has 0 aliphatic rings. The first-order chi connectivity index (χ1) is 7.11. The number of hydrogen-bond donors (Lipinski definition) is 1. The number of phenolic OH excluding ortho intramolecular Hbond substituents is 1. The van der Waals surface area contributed by atoms with E-state index in [1.54, 1.807) is 0 Å². The Kier molecular flexibility index (Phi) is 3.39. The van der Waals surface area contributed by atoms with Gasteiger partial charge < -0.3 is 5.11 Å². The molecule has 0 fully saturated rings. The van der Waals surface area contributed by atoms with Gasteiger partial charge in [0.2, 0.25) is 9.05 Å². The molecule has 16 heavy (non-hydrogen) atoms. The van der Waals surface area contributed by atoms with E-state index in [1.807, 2.05) is 0 Å². The van der Waals surface area contributed by atoms with Gasteiger partial charge in [0.15, 0.2) is 0 Å². The Labute approximate surface area is 93.9 Å². The third kappa shape index (κ3) is 3.28. The van der Waals surface area contributed by atoms with E-state index in [4.69, 9.17) is 10.7 Å². The molecule has 0 saturated carbocycles. The van der Waals surface area contributed by atoms with Crippen molar-refractivity contribution < 1.29 is 26.7 Å². The molecule has 0 spiro atoms. The molecular weight excluding hydrogens is 269 g/mol. The SMILES string of the molecule is O=S(=O)(Cl)Cc1cccc(C(F)(F)F)c1O. The highest BCUT2D eigenvalue weighted by Crippen LogP contribution is 2.37. The maximum atomic E-state index is 12.3. The molecule has 1 aromatic rings. The minimum atomic E-state index is -4.74. The van der Waals surface area contributed by atoms with Crippen LogP contribution < -0.4 is 0 Å². The van der Waals surface area contributed by atoms with Gasteiger partial charge in [-0.1, -0.05) is 12.1 Å². The zero-order valence-corrected chi connectivity index (χ0v) is 9.20. The number of hydrogen-bond acceptors (Lipinski definition) is 3. The summed E-state index contributed by atoms with van der Waals surface area (Å²) in [4.78, 5) is 0. The summed E-state index contributed by atoms with van der Waals surface area (Å²) in [5, 5.41) is 9.24. The van der Waals surface area contributed by atoms with Gasteiger partial charge in [-0.05, 0) is 6.07 Å². The average molecular weight is 275 g/mol. The molecule has 0 aromatic heterocycles. The highest BCUT2D eigenvalue weighted by atomic mass is 35.7. The highest BCUT2D eigenvalue weighted by Gasteiger charge is 2.34. The molecule has 0 bridgehead atoms. The number of aromatic hydroxyl groups is 1. The number of rotatable bonds is 2. The van der Waals surface area contributed by atoms with Gasteiger partial charge >= 0.3 is 6.18 Å². The van der Waals surface area contributed by atoms with E-state index in [2.05, 4.69) is 0 Å². The number of phenols is 1. The molecule has 0 radical (unpaired) electrons. The first kappa shape index (κ1) is 13.1. The third-order valence-corrected chi connectivity index (χ3v) is 2.74. The molecule has 0 aliphatic heterocycles. The predicted octanol–water partition coefficient (Wildman–Crippen LogP) is 2.48. The summed E-state index contributed by atoms with van der Waals surface area (Å²) in [5.41, 5.74) is -1.67. The van der Waals surface area contributed by atoms with E-state index in [0.717, 1.165) is 12.1 Å². The lowest BCUT2D eigenvalue weighted by Crippen LogP contribution is -2.07. The van der Waals surface area contributed by atoms with E-state index in [0.29, 0.717) is 6.07 Å². The Balaban J connectivity index is 3.25. The first-order valence-electron chi connectivity index (χ1n) is 3.91. The van der Waals surface area contributed by atoms with Crippen molar-refractivity contribution in [3.8, 4) is 5.75 Å². The van der Waals surface area contributed by atoms with E-state index in [9.17, 15) is 26.7 Å². The fourth-order valence-electron chi connectivity index (χ4n) is 1.12. The van der Waals surface area contributed by atoms with Gasteiger partial charge in [-0.15, -0.1) is 0 Å². The second-order valence-electron chi connectivity index (χ2n) is 2.99. The monoisotopic (exact) mass is 274 g/mol. The normalized spacial score (nSPS) is 12.8. The second-order valence-corrected chi connectivity index (χ2v) is 5.77. The zero-order valence-electron chi connectivity index (χ0n) is 7.62. The number of alkyl halides is 3. The van der Waals surface area contributed by atoms with Crippen LogP contribution in [0.1, 0.15) is 11.1 Å². The molecule has 0 aliphatic carbocycles. The van der Waals surface area contributed by atoms with Crippen LogP contribution in [0.3, 0.4) is 0 Å². The van der Waals surface area contributed by atoms with Crippen LogP contribution in [-0.4, -0.2) is 13.5 Å².